The van der Waals surface area contributed by atoms with Gasteiger partial charge in [0.15, 0.2) is 11.2 Å². The zero-order valence-electron chi connectivity index (χ0n) is 13.0. The number of halogens is 1. The quantitative estimate of drug-likeness (QED) is 0.738. The largest absolute Gasteiger partial charge is 0.342 e. The van der Waals surface area contributed by atoms with Crippen LogP contribution >= 0.6 is 11.6 Å². The topological polar surface area (TPSA) is 82.1 Å². The minimum absolute atomic E-state index is 0.00815. The van der Waals surface area contributed by atoms with Crippen molar-refractivity contribution in [1.82, 2.24) is 23.6 Å². The second kappa shape index (κ2) is 5.96. The summed E-state index contributed by atoms with van der Waals surface area (Å²) in [5.74, 6) is -0.165. The summed E-state index contributed by atoms with van der Waals surface area (Å²) >= 11 is 6.07. The van der Waals surface area contributed by atoms with Crippen molar-refractivity contribution in [3.63, 3.8) is 0 Å². The molecule has 2 rings (SSSR count). The highest BCUT2D eigenvalue weighted by Gasteiger charge is 2.21. The summed E-state index contributed by atoms with van der Waals surface area (Å²) in [5.41, 5.74) is -0.695. The number of hydrogen-bond donors (Lipinski definition) is 0. The summed E-state index contributed by atoms with van der Waals surface area (Å²) in [6.07, 6.45) is 0. The summed E-state index contributed by atoms with van der Waals surface area (Å²) < 4.78 is 3.55. The molecule has 1 amide bonds. The fraction of sp³-hybridized carbons (Fsp3) is 0.538. The van der Waals surface area contributed by atoms with Gasteiger partial charge >= 0.3 is 5.69 Å². The van der Waals surface area contributed by atoms with Gasteiger partial charge in [0.2, 0.25) is 11.2 Å². The van der Waals surface area contributed by atoms with Gasteiger partial charge in [-0.2, -0.15) is 4.98 Å². The van der Waals surface area contributed by atoms with Gasteiger partial charge < -0.3 is 4.90 Å². The van der Waals surface area contributed by atoms with E-state index in [9.17, 15) is 14.4 Å². The van der Waals surface area contributed by atoms with Crippen molar-refractivity contribution in [3.05, 3.63) is 26.1 Å². The van der Waals surface area contributed by atoms with Crippen LogP contribution in [0.3, 0.4) is 0 Å². The van der Waals surface area contributed by atoms with E-state index in [4.69, 9.17) is 11.6 Å². The Morgan fingerprint density at radius 3 is 2.32 bits per heavy atom. The van der Waals surface area contributed by atoms with E-state index < -0.39 is 11.2 Å². The summed E-state index contributed by atoms with van der Waals surface area (Å²) in [7, 11) is 2.88. The van der Waals surface area contributed by atoms with Gasteiger partial charge in [0.1, 0.15) is 6.54 Å². The average molecular weight is 328 g/mol. The molecule has 0 N–H and O–H groups in total. The van der Waals surface area contributed by atoms with Crippen LogP contribution in [0.2, 0.25) is 5.28 Å². The molecule has 0 aliphatic heterocycles. The van der Waals surface area contributed by atoms with Crippen molar-refractivity contribution in [1.29, 1.82) is 0 Å². The Balaban J connectivity index is 2.66. The van der Waals surface area contributed by atoms with E-state index in [0.717, 1.165) is 4.57 Å². The maximum absolute atomic E-state index is 12.3. The number of carbonyl (C=O) groups is 1. The van der Waals surface area contributed by atoms with Crippen LogP contribution in [0.1, 0.15) is 13.8 Å². The minimum Gasteiger partial charge on any atom is -0.342 e. The maximum atomic E-state index is 12.3. The van der Waals surface area contributed by atoms with E-state index in [-0.39, 0.29) is 28.9 Å². The molecule has 0 fully saturated rings. The SMILES string of the molecule is CCN(CC)C(=O)Cn1c(Cl)nc2c1c(=O)n(C)c(=O)n2C. The summed E-state index contributed by atoms with van der Waals surface area (Å²) in [6.45, 7) is 4.78. The third-order valence-electron chi connectivity index (χ3n) is 3.71. The molecular weight excluding hydrogens is 310 g/mol. The number of aromatic nitrogens is 4. The van der Waals surface area contributed by atoms with Crippen molar-refractivity contribution in [3.8, 4) is 0 Å². The van der Waals surface area contributed by atoms with Crippen molar-refractivity contribution in [2.75, 3.05) is 13.1 Å². The molecular formula is C13H18ClN5O3. The van der Waals surface area contributed by atoms with E-state index in [2.05, 4.69) is 4.98 Å². The van der Waals surface area contributed by atoms with Crippen molar-refractivity contribution >= 4 is 28.7 Å². The predicted octanol–water partition coefficient (Wildman–Crippen LogP) is -0.0445. The first-order chi connectivity index (χ1) is 10.3. The summed E-state index contributed by atoms with van der Waals surface area (Å²) in [6, 6.07) is 0. The van der Waals surface area contributed by atoms with Crippen LogP contribution in [-0.4, -0.2) is 42.6 Å². The van der Waals surface area contributed by atoms with Crippen molar-refractivity contribution in [2.45, 2.75) is 20.4 Å². The first kappa shape index (κ1) is 16.3. The molecule has 2 aromatic rings. The molecule has 22 heavy (non-hydrogen) atoms. The fourth-order valence-corrected chi connectivity index (χ4v) is 2.60. The predicted molar refractivity (Wildman–Crippen MR) is 83.2 cm³/mol. The monoisotopic (exact) mass is 327 g/mol. The molecule has 2 heterocycles. The standard InChI is InChI=1S/C13H18ClN5O3/c1-5-18(6-2)8(20)7-19-9-10(15-12(19)14)16(3)13(22)17(4)11(9)21/h5-7H2,1-4H3. The van der Waals surface area contributed by atoms with Crippen molar-refractivity contribution < 1.29 is 4.79 Å². The molecule has 0 spiro atoms. The molecule has 120 valence electrons. The molecule has 0 bridgehead atoms. The third kappa shape index (κ3) is 2.43. The van der Waals surface area contributed by atoms with Gasteiger partial charge in [-0.05, 0) is 25.4 Å². The Morgan fingerprint density at radius 1 is 1.18 bits per heavy atom. The van der Waals surface area contributed by atoms with Gasteiger partial charge in [0.05, 0.1) is 0 Å². The van der Waals surface area contributed by atoms with Gasteiger partial charge in [-0.1, -0.05) is 0 Å². The highest BCUT2D eigenvalue weighted by Crippen LogP contribution is 2.15. The Morgan fingerprint density at radius 2 is 1.77 bits per heavy atom. The van der Waals surface area contributed by atoms with Crippen LogP contribution in [0.15, 0.2) is 9.59 Å². The van der Waals surface area contributed by atoms with Gasteiger partial charge in [-0.3, -0.25) is 23.3 Å². The third-order valence-corrected chi connectivity index (χ3v) is 4.00. The first-order valence-electron chi connectivity index (χ1n) is 6.92. The molecule has 0 radical (unpaired) electrons. The summed E-state index contributed by atoms with van der Waals surface area (Å²) in [4.78, 5) is 42.2. The zero-order valence-corrected chi connectivity index (χ0v) is 13.7. The van der Waals surface area contributed by atoms with Crippen LogP contribution in [0.5, 0.6) is 0 Å². The maximum Gasteiger partial charge on any atom is 0.332 e. The Kier molecular flexibility index (Phi) is 4.41. The summed E-state index contributed by atoms with van der Waals surface area (Å²) in [5, 5.41) is 0.00815. The number of nitrogens with zero attached hydrogens (tertiary/aromatic N) is 5. The van der Waals surface area contributed by atoms with Crippen LogP contribution in [-0.2, 0) is 25.4 Å². The van der Waals surface area contributed by atoms with E-state index >= 15 is 0 Å². The molecule has 8 nitrogen and oxygen atoms in total. The number of amides is 1. The highest BCUT2D eigenvalue weighted by atomic mass is 35.5. The van der Waals surface area contributed by atoms with Crippen molar-refractivity contribution in [2.24, 2.45) is 14.1 Å². The normalized spacial score (nSPS) is 11.1. The zero-order chi connectivity index (χ0) is 16.6. The van der Waals surface area contributed by atoms with Gasteiger partial charge in [-0.15, -0.1) is 0 Å². The van der Waals surface area contributed by atoms with Gasteiger partial charge in [0, 0.05) is 27.2 Å². The number of rotatable bonds is 4. The Bertz CT molecular complexity index is 844. The fourth-order valence-electron chi connectivity index (χ4n) is 2.38. The van der Waals surface area contributed by atoms with E-state index in [1.807, 2.05) is 13.8 Å². The van der Waals surface area contributed by atoms with Crippen LogP contribution < -0.4 is 11.2 Å². The lowest BCUT2D eigenvalue weighted by Gasteiger charge is -2.19. The molecule has 0 saturated heterocycles. The minimum atomic E-state index is -0.523. The highest BCUT2D eigenvalue weighted by molar-refractivity contribution is 6.29. The van der Waals surface area contributed by atoms with Gasteiger partial charge in [0.25, 0.3) is 5.56 Å². The smallest absolute Gasteiger partial charge is 0.332 e. The van der Waals surface area contributed by atoms with Crippen LogP contribution in [0, 0.1) is 0 Å². The van der Waals surface area contributed by atoms with E-state index in [1.54, 1.807) is 4.90 Å². The van der Waals surface area contributed by atoms with Gasteiger partial charge in [-0.25, -0.2) is 4.79 Å². The lowest BCUT2D eigenvalue weighted by Crippen LogP contribution is -2.38. The molecule has 0 saturated carbocycles. The molecule has 0 atom stereocenters. The Hall–Kier alpha value is -2.09. The number of aryl methyl sites for hydroxylation is 1. The molecule has 2 aromatic heterocycles. The lowest BCUT2D eigenvalue weighted by molar-refractivity contribution is -0.131. The molecule has 9 heteroatoms. The molecule has 0 aliphatic rings. The van der Waals surface area contributed by atoms with Crippen LogP contribution in [0.25, 0.3) is 11.2 Å². The molecule has 0 unspecified atom stereocenters. The molecule has 0 aliphatic carbocycles. The second-order valence-electron chi connectivity index (χ2n) is 4.91. The van der Waals surface area contributed by atoms with E-state index in [1.165, 1.54) is 23.2 Å². The second-order valence-corrected chi connectivity index (χ2v) is 5.25. The number of carbonyl (C=O) groups excluding carboxylic acids is 1. The number of imidazole rings is 1. The average Bonchev–Trinajstić information content (AvgIpc) is 2.81. The number of likely N-dealkylation sites (N-methyl/N-ethyl adjacent to an activating group) is 1. The Labute approximate surface area is 131 Å². The van der Waals surface area contributed by atoms with E-state index in [0.29, 0.717) is 13.1 Å². The first-order valence-corrected chi connectivity index (χ1v) is 7.30. The van der Waals surface area contributed by atoms with Crippen LogP contribution in [0.4, 0.5) is 0 Å². The number of hydrogen-bond acceptors (Lipinski definition) is 4. The molecule has 0 aromatic carbocycles. The lowest BCUT2D eigenvalue weighted by atomic mass is 10.4. The number of fused-ring (bicyclic) bond motifs is 1.